The van der Waals surface area contributed by atoms with Gasteiger partial charge in [0, 0.05) is 71.9 Å². The van der Waals surface area contributed by atoms with Crippen molar-refractivity contribution >= 4 is 11.0 Å². The van der Waals surface area contributed by atoms with Crippen LogP contribution >= 0.6 is 0 Å². The topological polar surface area (TPSA) is 63.7 Å². The van der Waals surface area contributed by atoms with E-state index in [0.29, 0.717) is 0 Å². The summed E-state index contributed by atoms with van der Waals surface area (Å²) in [5, 5.41) is 1.03. The Bertz CT molecular complexity index is 951. The van der Waals surface area contributed by atoms with Gasteiger partial charge in [-0.15, -0.1) is 0 Å². The van der Waals surface area contributed by atoms with E-state index in [4.69, 9.17) is 4.74 Å². The van der Waals surface area contributed by atoms with E-state index in [-0.39, 0.29) is 6.10 Å². The highest BCUT2D eigenvalue weighted by Crippen LogP contribution is 2.32. The summed E-state index contributed by atoms with van der Waals surface area (Å²) in [5.74, 6) is 0. The Kier molecular flexibility index (Phi) is 3.76. The molecular formula is C19H16N4O. The van der Waals surface area contributed by atoms with Gasteiger partial charge in [-0.1, -0.05) is 12.1 Å². The highest BCUT2D eigenvalue weighted by Gasteiger charge is 2.18. The van der Waals surface area contributed by atoms with E-state index in [1.165, 1.54) is 0 Å². The number of hydrogen-bond donors (Lipinski definition) is 1. The number of pyridine rings is 3. The molecule has 0 bridgehead atoms. The number of H-pyrrole nitrogens is 1. The predicted octanol–water partition coefficient (Wildman–Crippen LogP) is 3.76. The molecule has 24 heavy (non-hydrogen) atoms. The Hall–Kier alpha value is -3.05. The largest absolute Gasteiger partial charge is 0.372 e. The number of methoxy groups -OCH3 is 1. The number of ether oxygens (including phenoxy) is 1. The van der Waals surface area contributed by atoms with Crippen molar-refractivity contribution in [3.8, 4) is 11.1 Å². The predicted molar refractivity (Wildman–Crippen MR) is 92.4 cm³/mol. The summed E-state index contributed by atoms with van der Waals surface area (Å²) in [6.07, 6.45) is 10.8. The molecular weight excluding hydrogens is 300 g/mol. The monoisotopic (exact) mass is 316 g/mol. The SMILES string of the molecule is COC(c1cccnc1)c1c[nH]c2ncc(-c3cccnc3)cc12. The molecule has 4 aromatic rings. The van der Waals surface area contributed by atoms with Crippen LogP contribution in [0.25, 0.3) is 22.2 Å². The fraction of sp³-hybridized carbons (Fsp3) is 0.105. The summed E-state index contributed by atoms with van der Waals surface area (Å²) in [6.45, 7) is 0. The van der Waals surface area contributed by atoms with E-state index in [2.05, 4.69) is 26.0 Å². The Labute approximate surface area is 139 Å². The molecule has 0 radical (unpaired) electrons. The Morgan fingerprint density at radius 3 is 2.54 bits per heavy atom. The number of nitrogens with one attached hydrogen (secondary N) is 1. The third-order valence-corrected chi connectivity index (χ3v) is 4.06. The molecule has 0 saturated heterocycles. The van der Waals surface area contributed by atoms with Crippen molar-refractivity contribution < 1.29 is 4.74 Å². The minimum Gasteiger partial charge on any atom is -0.372 e. The van der Waals surface area contributed by atoms with Gasteiger partial charge in [0.1, 0.15) is 11.8 Å². The first-order valence-electron chi connectivity index (χ1n) is 7.67. The van der Waals surface area contributed by atoms with E-state index in [1.807, 2.05) is 49.1 Å². The zero-order valence-electron chi connectivity index (χ0n) is 13.2. The normalized spacial score (nSPS) is 12.4. The molecule has 0 saturated carbocycles. The Balaban J connectivity index is 1.84. The molecule has 0 aliphatic carbocycles. The van der Waals surface area contributed by atoms with Crippen LogP contribution in [0.3, 0.4) is 0 Å². The lowest BCUT2D eigenvalue weighted by Crippen LogP contribution is -2.03. The van der Waals surface area contributed by atoms with Crippen molar-refractivity contribution in [3.05, 3.63) is 78.6 Å². The number of rotatable bonds is 4. The van der Waals surface area contributed by atoms with E-state index in [9.17, 15) is 0 Å². The maximum atomic E-state index is 5.73. The van der Waals surface area contributed by atoms with Crippen molar-refractivity contribution in [2.24, 2.45) is 0 Å². The minimum absolute atomic E-state index is 0.196. The maximum Gasteiger partial charge on any atom is 0.137 e. The number of aromatic nitrogens is 4. The van der Waals surface area contributed by atoms with Crippen LogP contribution in [0.15, 0.2) is 67.5 Å². The quantitative estimate of drug-likeness (QED) is 0.623. The van der Waals surface area contributed by atoms with E-state index in [0.717, 1.165) is 33.3 Å². The van der Waals surface area contributed by atoms with Crippen LogP contribution < -0.4 is 0 Å². The second-order valence-electron chi connectivity index (χ2n) is 5.51. The van der Waals surface area contributed by atoms with Gasteiger partial charge in [-0.3, -0.25) is 9.97 Å². The zero-order chi connectivity index (χ0) is 16.4. The van der Waals surface area contributed by atoms with E-state index in [1.54, 1.807) is 19.5 Å². The third kappa shape index (κ3) is 2.55. The summed E-state index contributed by atoms with van der Waals surface area (Å²) in [6, 6.07) is 9.99. The van der Waals surface area contributed by atoms with Crippen LogP contribution in [0.5, 0.6) is 0 Å². The molecule has 0 aliphatic rings. The fourth-order valence-corrected chi connectivity index (χ4v) is 2.91. The lowest BCUT2D eigenvalue weighted by atomic mass is 10.0. The maximum absolute atomic E-state index is 5.73. The van der Waals surface area contributed by atoms with Crippen LogP contribution in [-0.4, -0.2) is 27.0 Å². The highest BCUT2D eigenvalue weighted by atomic mass is 16.5. The van der Waals surface area contributed by atoms with Crippen LogP contribution in [-0.2, 0) is 4.74 Å². The lowest BCUT2D eigenvalue weighted by Gasteiger charge is -2.15. The minimum atomic E-state index is -0.196. The molecule has 4 heterocycles. The van der Waals surface area contributed by atoms with Crippen molar-refractivity contribution in [3.63, 3.8) is 0 Å². The summed E-state index contributed by atoms with van der Waals surface area (Å²) >= 11 is 0. The number of hydrogen-bond acceptors (Lipinski definition) is 4. The van der Waals surface area contributed by atoms with Gasteiger partial charge in [-0.05, 0) is 18.2 Å². The second kappa shape index (κ2) is 6.22. The molecule has 0 amide bonds. The number of fused-ring (bicyclic) bond motifs is 1. The smallest absolute Gasteiger partial charge is 0.137 e. The molecule has 1 atom stereocenters. The molecule has 0 spiro atoms. The van der Waals surface area contributed by atoms with Gasteiger partial charge < -0.3 is 9.72 Å². The first-order valence-corrected chi connectivity index (χ1v) is 7.67. The molecule has 0 fully saturated rings. The van der Waals surface area contributed by atoms with Crippen LogP contribution in [0.1, 0.15) is 17.2 Å². The van der Waals surface area contributed by atoms with Crippen LogP contribution in [0.4, 0.5) is 0 Å². The van der Waals surface area contributed by atoms with Crippen molar-refractivity contribution in [1.82, 2.24) is 19.9 Å². The average Bonchev–Trinajstić information content (AvgIpc) is 3.07. The van der Waals surface area contributed by atoms with Gasteiger partial charge in [0.25, 0.3) is 0 Å². The van der Waals surface area contributed by atoms with Gasteiger partial charge in [-0.25, -0.2) is 4.98 Å². The zero-order valence-corrected chi connectivity index (χ0v) is 13.2. The highest BCUT2D eigenvalue weighted by molar-refractivity contribution is 5.85. The van der Waals surface area contributed by atoms with Crippen LogP contribution in [0, 0.1) is 0 Å². The van der Waals surface area contributed by atoms with E-state index >= 15 is 0 Å². The standard InChI is InChI=1S/C19H16N4O/c1-24-18(14-5-3-7-21-10-14)17-12-23-19-16(17)8-15(11-22-19)13-4-2-6-20-9-13/h2-12,18H,1H3,(H,22,23). The molecule has 0 aromatic carbocycles. The molecule has 4 aromatic heterocycles. The van der Waals surface area contributed by atoms with Gasteiger partial charge in [0.15, 0.2) is 0 Å². The van der Waals surface area contributed by atoms with Crippen molar-refractivity contribution in [1.29, 1.82) is 0 Å². The molecule has 5 nitrogen and oxygen atoms in total. The molecule has 118 valence electrons. The molecule has 1 unspecified atom stereocenters. The van der Waals surface area contributed by atoms with Gasteiger partial charge >= 0.3 is 0 Å². The number of nitrogens with zero attached hydrogens (tertiary/aromatic N) is 3. The lowest BCUT2D eigenvalue weighted by molar-refractivity contribution is 0.137. The first kappa shape index (κ1) is 14.5. The molecule has 0 aliphatic heterocycles. The first-order chi connectivity index (χ1) is 11.9. The Morgan fingerprint density at radius 2 is 1.83 bits per heavy atom. The number of aromatic amines is 1. The summed E-state index contributed by atoms with van der Waals surface area (Å²) in [7, 11) is 1.70. The summed E-state index contributed by atoms with van der Waals surface area (Å²) in [5.41, 5.74) is 4.95. The van der Waals surface area contributed by atoms with Crippen molar-refractivity contribution in [2.45, 2.75) is 6.10 Å². The summed E-state index contributed by atoms with van der Waals surface area (Å²) in [4.78, 5) is 16.1. The fourth-order valence-electron chi connectivity index (χ4n) is 2.91. The van der Waals surface area contributed by atoms with Gasteiger partial charge in [-0.2, -0.15) is 0 Å². The molecule has 5 heteroatoms. The van der Waals surface area contributed by atoms with E-state index < -0.39 is 0 Å². The van der Waals surface area contributed by atoms with Gasteiger partial charge in [0.05, 0.1) is 0 Å². The molecule has 4 rings (SSSR count). The van der Waals surface area contributed by atoms with Crippen LogP contribution in [0.2, 0.25) is 0 Å². The molecule has 1 N–H and O–H groups in total. The average molecular weight is 316 g/mol. The Morgan fingerprint density at radius 1 is 1.00 bits per heavy atom. The summed E-state index contributed by atoms with van der Waals surface area (Å²) < 4.78 is 5.73. The second-order valence-corrected chi connectivity index (χ2v) is 5.51. The van der Waals surface area contributed by atoms with Gasteiger partial charge in [0.2, 0.25) is 0 Å². The van der Waals surface area contributed by atoms with Crippen molar-refractivity contribution in [2.75, 3.05) is 7.11 Å². The third-order valence-electron chi connectivity index (χ3n) is 4.06.